The van der Waals surface area contributed by atoms with Crippen LogP contribution in [-0.4, -0.2) is 77.2 Å². The zero-order chi connectivity index (χ0) is 79.4. The second-order valence-corrected chi connectivity index (χ2v) is 29.2. The highest BCUT2D eigenvalue weighted by Gasteiger charge is 2.27. The average Bonchev–Trinajstić information content (AvgIpc) is 1.73. The monoisotopic (exact) mass is 1540 g/mol. The molecule has 16 nitrogen and oxygen atoms in total. The van der Waals surface area contributed by atoms with Gasteiger partial charge in [-0.3, -0.25) is 23.7 Å². The van der Waals surface area contributed by atoms with Gasteiger partial charge in [-0.25, -0.2) is 39.9 Å². The van der Waals surface area contributed by atoms with Crippen molar-refractivity contribution in [2.75, 3.05) is 0 Å². The molecule has 0 aliphatic carbocycles. The lowest BCUT2D eigenvalue weighted by Gasteiger charge is -2.12. The molecule has 12 heterocycles. The van der Waals surface area contributed by atoms with Crippen molar-refractivity contribution in [3.8, 4) is 102 Å². The standard InChI is InChI=1S/2C35H23N5.C34H22N6/c1-2-11-27(12-3-1)39-29-14-5-4-13-28(29)33-30(39)16-17-31-34(33)38-35(40(31)32-15-6-7-20-37-32)26-10-8-9-25(23-26)24-18-21-36-22-19-24;1-2-10-25(11-3-1)39-29-15-7-6-14-28(29)33-30(39)17-18-31-34(33)38-35(40(31)32-16-8-9-21-37-32)27-13-5-4-12-26(27)24-19-22-36-23-20-24;1-2-9-25(10-3-1)39-27-12-5-4-11-26(27)31-28(39)18-19-29-32(31)38-34(40(29)30-13-6-7-20-35-30)24-16-14-23(15-17-24)33-36-21-8-22-37-33/h2*1-23H;1-22H. The van der Waals surface area contributed by atoms with Gasteiger partial charge in [-0.15, -0.1) is 0 Å². The molecule has 24 rings (SSSR count). The maximum absolute atomic E-state index is 5.42. The topological polar surface area (TPSA) is 158 Å². The molecule has 120 heavy (non-hydrogen) atoms. The summed E-state index contributed by atoms with van der Waals surface area (Å²) < 4.78 is 13.5. The first-order chi connectivity index (χ1) is 59.6. The van der Waals surface area contributed by atoms with E-state index in [-0.39, 0.29) is 0 Å². The molecule has 0 unspecified atom stereocenters. The number of rotatable bonds is 12. The largest absolute Gasteiger partial charge is 0.309 e. The van der Waals surface area contributed by atoms with Crippen molar-refractivity contribution in [2.45, 2.75) is 0 Å². The van der Waals surface area contributed by atoms with Crippen molar-refractivity contribution in [3.63, 3.8) is 0 Å². The van der Waals surface area contributed by atoms with Crippen LogP contribution in [0.2, 0.25) is 0 Å². The Hall–Kier alpha value is -16.7. The Kier molecular flexibility index (Phi) is 17.4. The van der Waals surface area contributed by atoms with E-state index in [1.807, 2.05) is 147 Å². The Bertz CT molecular complexity index is 7910. The highest BCUT2D eigenvalue weighted by atomic mass is 15.2. The van der Waals surface area contributed by atoms with E-state index in [0.29, 0.717) is 5.82 Å². The van der Waals surface area contributed by atoms with Gasteiger partial charge in [-0.2, -0.15) is 0 Å². The third-order valence-corrected chi connectivity index (χ3v) is 22.3. The SMILES string of the molecule is c1ccc(-n2c3ccccc3c3c4nc(-c5ccc(-c6ncccn6)cc5)n(-c5ccccn5)c4ccc32)cc1.c1ccc(-n2c3ccccc3c3c4nc(-c5cccc(-c6ccncc6)c5)n(-c5ccccn5)c4ccc32)cc1.c1ccc(-n2c3ccccc3c3c4nc(-c5ccccc5-c5ccncc5)n(-c5ccccn5)c4ccc32)cc1. The zero-order valence-electron chi connectivity index (χ0n) is 64.4. The van der Waals surface area contributed by atoms with E-state index in [1.54, 1.807) is 12.4 Å². The van der Waals surface area contributed by atoms with E-state index >= 15 is 0 Å². The Balaban J connectivity index is 0.000000108. The van der Waals surface area contributed by atoms with E-state index in [2.05, 4.69) is 302 Å². The molecule has 24 aromatic rings. The second-order valence-electron chi connectivity index (χ2n) is 29.2. The number of benzene rings is 12. The summed E-state index contributed by atoms with van der Waals surface area (Å²) >= 11 is 0. The molecule has 0 aliphatic heterocycles. The van der Waals surface area contributed by atoms with Crippen LogP contribution in [0.1, 0.15) is 0 Å². The fraction of sp³-hybridized carbons (Fsp3) is 0. The van der Waals surface area contributed by atoms with Crippen molar-refractivity contribution in [2.24, 2.45) is 0 Å². The van der Waals surface area contributed by atoms with E-state index in [0.717, 1.165) is 179 Å². The maximum Gasteiger partial charge on any atom is 0.159 e. The van der Waals surface area contributed by atoms with Crippen LogP contribution in [0.4, 0.5) is 0 Å². The normalized spacial score (nSPS) is 11.5. The van der Waals surface area contributed by atoms with Crippen molar-refractivity contribution in [1.29, 1.82) is 0 Å². The quantitative estimate of drug-likeness (QED) is 0.115. The number of hydrogen-bond acceptors (Lipinski definition) is 10. The highest BCUT2D eigenvalue weighted by Crippen LogP contribution is 2.45. The molecule has 0 spiro atoms. The molecule has 0 bridgehead atoms. The number of hydrogen-bond donors (Lipinski definition) is 0. The molecule has 0 aliphatic rings. The first-order valence-corrected chi connectivity index (χ1v) is 39.7. The van der Waals surface area contributed by atoms with E-state index in [9.17, 15) is 0 Å². The summed E-state index contributed by atoms with van der Waals surface area (Å²) in [6.45, 7) is 0. The third kappa shape index (κ3) is 12.1. The molecular weight excluding hydrogens is 1470 g/mol. The third-order valence-electron chi connectivity index (χ3n) is 22.3. The minimum atomic E-state index is 0.697. The number of aromatic nitrogens is 16. The number of para-hydroxylation sites is 6. The van der Waals surface area contributed by atoms with Crippen LogP contribution in [0.15, 0.2) is 414 Å². The molecule has 12 aromatic heterocycles. The molecule has 0 N–H and O–H groups in total. The van der Waals surface area contributed by atoms with Crippen LogP contribution >= 0.6 is 0 Å². The van der Waals surface area contributed by atoms with E-state index in [4.69, 9.17) is 29.9 Å². The summed E-state index contributed by atoms with van der Waals surface area (Å²) in [5.41, 5.74) is 24.5. The lowest BCUT2D eigenvalue weighted by atomic mass is 10.00. The zero-order valence-corrected chi connectivity index (χ0v) is 64.4. The van der Waals surface area contributed by atoms with Crippen LogP contribution in [-0.2, 0) is 0 Å². The Morgan fingerprint density at radius 3 is 0.975 bits per heavy atom. The second kappa shape index (κ2) is 29.9. The van der Waals surface area contributed by atoms with E-state index in [1.165, 1.54) is 16.2 Å². The van der Waals surface area contributed by atoms with Crippen molar-refractivity contribution in [3.05, 3.63) is 414 Å². The summed E-state index contributed by atoms with van der Waals surface area (Å²) in [5, 5.41) is 6.91. The summed E-state index contributed by atoms with van der Waals surface area (Å²) in [7, 11) is 0. The molecule has 0 atom stereocenters. The van der Waals surface area contributed by atoms with Gasteiger partial charge in [0.15, 0.2) is 5.82 Å². The predicted octanol–water partition coefficient (Wildman–Crippen LogP) is 24.1. The van der Waals surface area contributed by atoms with Gasteiger partial charge in [0.05, 0.1) is 66.2 Å². The lowest BCUT2D eigenvalue weighted by molar-refractivity contribution is 1.03. The highest BCUT2D eigenvalue weighted by molar-refractivity contribution is 6.23. The van der Waals surface area contributed by atoms with Crippen LogP contribution in [0, 0.1) is 0 Å². The van der Waals surface area contributed by atoms with Gasteiger partial charge in [0.2, 0.25) is 0 Å². The first kappa shape index (κ1) is 70.0. The fourth-order valence-corrected chi connectivity index (χ4v) is 17.1. The van der Waals surface area contributed by atoms with Gasteiger partial charge in [-0.1, -0.05) is 194 Å². The molecule has 16 heteroatoms. The predicted molar refractivity (Wildman–Crippen MR) is 483 cm³/mol. The molecule has 0 amide bonds. The van der Waals surface area contributed by atoms with Crippen LogP contribution in [0.3, 0.4) is 0 Å². The number of nitrogens with zero attached hydrogens (tertiary/aromatic N) is 16. The number of pyridine rings is 5. The Morgan fingerprint density at radius 1 is 0.183 bits per heavy atom. The van der Waals surface area contributed by atoms with Crippen LogP contribution < -0.4 is 0 Å². The smallest absolute Gasteiger partial charge is 0.159 e. The Morgan fingerprint density at radius 2 is 0.533 bits per heavy atom. The van der Waals surface area contributed by atoms with Gasteiger partial charge < -0.3 is 13.7 Å². The van der Waals surface area contributed by atoms with Crippen molar-refractivity contribution >= 4 is 98.5 Å². The average molecular weight is 1540 g/mol. The summed E-state index contributed by atoms with van der Waals surface area (Å²) in [4.78, 5) is 47.6. The summed E-state index contributed by atoms with van der Waals surface area (Å²) in [6.07, 6.45) is 16.3. The summed E-state index contributed by atoms with van der Waals surface area (Å²) in [5.74, 6) is 5.72. The summed E-state index contributed by atoms with van der Waals surface area (Å²) in [6, 6.07) is 123. The van der Waals surface area contributed by atoms with Gasteiger partial charge in [0, 0.05) is 127 Å². The Labute approximate surface area is 687 Å². The van der Waals surface area contributed by atoms with Crippen molar-refractivity contribution < 1.29 is 0 Å². The molecule has 564 valence electrons. The minimum Gasteiger partial charge on any atom is -0.309 e. The molecule has 0 fully saturated rings. The fourth-order valence-electron chi connectivity index (χ4n) is 17.1. The van der Waals surface area contributed by atoms with Gasteiger partial charge in [0.25, 0.3) is 0 Å². The van der Waals surface area contributed by atoms with Crippen LogP contribution in [0.5, 0.6) is 0 Å². The lowest BCUT2D eigenvalue weighted by Crippen LogP contribution is -2.00. The van der Waals surface area contributed by atoms with Crippen molar-refractivity contribution in [1.82, 2.24) is 77.2 Å². The molecule has 12 aromatic carbocycles. The minimum absolute atomic E-state index is 0.697. The van der Waals surface area contributed by atoms with Gasteiger partial charge >= 0.3 is 0 Å². The van der Waals surface area contributed by atoms with Crippen LogP contribution in [0.25, 0.3) is 201 Å². The van der Waals surface area contributed by atoms with Gasteiger partial charge in [-0.05, 0) is 186 Å². The molecule has 0 saturated heterocycles. The van der Waals surface area contributed by atoms with Gasteiger partial charge in [0.1, 0.15) is 34.9 Å². The molecule has 0 radical (unpaired) electrons. The number of imidazole rings is 3. The molecule has 0 saturated carbocycles. The number of fused-ring (bicyclic) bond motifs is 15. The first-order valence-electron chi connectivity index (χ1n) is 39.7. The van der Waals surface area contributed by atoms with E-state index < -0.39 is 0 Å². The maximum atomic E-state index is 5.42. The molecular formula is C104H68N16.